The molecule has 1 N–H and O–H groups in total. The van der Waals surface area contributed by atoms with Crippen LogP contribution < -0.4 is 5.32 Å². The molecule has 90 valence electrons. The van der Waals surface area contributed by atoms with Gasteiger partial charge in [-0.15, -0.1) is 0 Å². The van der Waals surface area contributed by atoms with Crippen LogP contribution in [0.4, 0.5) is 0 Å². The average molecular weight is 231 g/mol. The van der Waals surface area contributed by atoms with Gasteiger partial charge in [0.15, 0.2) is 0 Å². The molecule has 0 spiro atoms. The molecule has 0 saturated carbocycles. The summed E-state index contributed by atoms with van der Waals surface area (Å²) in [7, 11) is 0. The molecule has 0 aromatic carbocycles. The van der Waals surface area contributed by atoms with E-state index >= 15 is 0 Å². The summed E-state index contributed by atoms with van der Waals surface area (Å²) in [6.45, 7) is 7.31. The molecule has 0 saturated heterocycles. The summed E-state index contributed by atoms with van der Waals surface area (Å²) in [6.07, 6.45) is 1.81. The summed E-state index contributed by atoms with van der Waals surface area (Å²) in [5, 5.41) is 3.30. The van der Waals surface area contributed by atoms with Crippen molar-refractivity contribution in [2.75, 3.05) is 0 Å². The number of aryl methyl sites for hydroxylation is 3. The highest BCUT2D eigenvalue weighted by Crippen LogP contribution is 2.08. The molecule has 0 bridgehead atoms. The molecule has 0 atom stereocenters. The number of nitrogens with zero attached hydrogens (tertiary/aromatic N) is 2. The summed E-state index contributed by atoms with van der Waals surface area (Å²) in [5.74, 6) is 1.63. The van der Waals surface area contributed by atoms with Crippen molar-refractivity contribution in [2.24, 2.45) is 0 Å². The van der Waals surface area contributed by atoms with Crippen molar-refractivity contribution in [1.29, 1.82) is 0 Å². The van der Waals surface area contributed by atoms with E-state index in [1.165, 1.54) is 5.56 Å². The first-order chi connectivity index (χ1) is 8.16. The fourth-order valence-corrected chi connectivity index (χ4v) is 1.62. The lowest BCUT2D eigenvalue weighted by molar-refractivity contribution is 0.448. The van der Waals surface area contributed by atoms with Gasteiger partial charge in [-0.3, -0.25) is 4.98 Å². The second-order valence-electron chi connectivity index (χ2n) is 4.10. The maximum absolute atomic E-state index is 5.49. The Morgan fingerprint density at radius 3 is 2.65 bits per heavy atom. The molecule has 0 aliphatic heterocycles. The van der Waals surface area contributed by atoms with Crippen molar-refractivity contribution in [1.82, 2.24) is 15.3 Å². The van der Waals surface area contributed by atoms with Gasteiger partial charge < -0.3 is 9.73 Å². The molecule has 4 heteroatoms. The van der Waals surface area contributed by atoms with Gasteiger partial charge in [0.2, 0.25) is 5.89 Å². The normalized spacial score (nSPS) is 10.8. The van der Waals surface area contributed by atoms with Crippen LogP contribution >= 0.6 is 0 Å². The number of hydrogen-bond donors (Lipinski definition) is 1. The number of hydrogen-bond acceptors (Lipinski definition) is 4. The fraction of sp³-hybridized carbons (Fsp3) is 0.385. The lowest BCUT2D eigenvalue weighted by Crippen LogP contribution is -2.14. The summed E-state index contributed by atoms with van der Waals surface area (Å²) in [4.78, 5) is 8.56. The Hall–Kier alpha value is -1.68. The van der Waals surface area contributed by atoms with Crippen molar-refractivity contribution in [3.63, 3.8) is 0 Å². The van der Waals surface area contributed by atoms with Gasteiger partial charge in [0.05, 0.1) is 12.2 Å². The first-order valence-electron chi connectivity index (χ1n) is 5.71. The second kappa shape index (κ2) is 5.10. The first kappa shape index (κ1) is 11.8. The summed E-state index contributed by atoms with van der Waals surface area (Å²) in [5.41, 5.74) is 3.21. The molecular formula is C13H17N3O. The Kier molecular flexibility index (Phi) is 3.54. The third kappa shape index (κ3) is 2.91. The van der Waals surface area contributed by atoms with Crippen LogP contribution in [0.2, 0.25) is 0 Å². The minimum Gasteiger partial charge on any atom is -0.444 e. The Morgan fingerprint density at radius 1 is 1.18 bits per heavy atom. The van der Waals surface area contributed by atoms with Crippen molar-refractivity contribution >= 4 is 0 Å². The van der Waals surface area contributed by atoms with Gasteiger partial charge in [-0.05, 0) is 32.4 Å². The standard InChI is InChI=1S/C13H17N3O/c1-9-11(3)17-13(16-9)8-14-7-12-5-4-6-15-10(12)2/h4-6,14H,7-8H2,1-3H3. The van der Waals surface area contributed by atoms with Gasteiger partial charge >= 0.3 is 0 Å². The molecule has 17 heavy (non-hydrogen) atoms. The minimum absolute atomic E-state index is 0.642. The van der Waals surface area contributed by atoms with E-state index in [0.717, 1.165) is 29.6 Å². The quantitative estimate of drug-likeness (QED) is 0.877. The summed E-state index contributed by atoms with van der Waals surface area (Å²) in [6, 6.07) is 4.02. The van der Waals surface area contributed by atoms with Crippen LogP contribution in [0.5, 0.6) is 0 Å². The van der Waals surface area contributed by atoms with Crippen molar-refractivity contribution < 1.29 is 4.42 Å². The van der Waals surface area contributed by atoms with E-state index in [9.17, 15) is 0 Å². The fourth-order valence-electron chi connectivity index (χ4n) is 1.62. The molecule has 2 rings (SSSR count). The van der Waals surface area contributed by atoms with Crippen LogP contribution in [-0.2, 0) is 13.1 Å². The SMILES string of the molecule is Cc1ncccc1CNCc1nc(C)c(C)o1. The Balaban J connectivity index is 1.90. The molecule has 2 heterocycles. The molecule has 2 aromatic heterocycles. The van der Waals surface area contributed by atoms with E-state index in [1.807, 2.05) is 26.8 Å². The third-order valence-electron chi connectivity index (χ3n) is 2.78. The Labute approximate surface area is 101 Å². The number of nitrogens with one attached hydrogen (secondary N) is 1. The Bertz CT molecular complexity index is 486. The monoisotopic (exact) mass is 231 g/mol. The molecule has 0 fully saturated rings. The highest BCUT2D eigenvalue weighted by Gasteiger charge is 2.05. The Morgan fingerprint density at radius 2 is 2.00 bits per heavy atom. The van der Waals surface area contributed by atoms with Gasteiger partial charge in [0.25, 0.3) is 0 Å². The molecule has 0 radical (unpaired) electrons. The molecule has 0 unspecified atom stereocenters. The number of pyridine rings is 1. The maximum atomic E-state index is 5.49. The van der Waals surface area contributed by atoms with Gasteiger partial charge in [-0.1, -0.05) is 6.07 Å². The van der Waals surface area contributed by atoms with Crippen molar-refractivity contribution in [3.8, 4) is 0 Å². The summed E-state index contributed by atoms with van der Waals surface area (Å²) < 4.78 is 5.49. The second-order valence-corrected chi connectivity index (χ2v) is 4.10. The number of oxazole rings is 1. The van der Waals surface area contributed by atoms with Crippen LogP contribution in [-0.4, -0.2) is 9.97 Å². The average Bonchev–Trinajstić information content (AvgIpc) is 2.61. The van der Waals surface area contributed by atoms with Crippen LogP contribution in [0.15, 0.2) is 22.7 Å². The van der Waals surface area contributed by atoms with E-state index in [4.69, 9.17) is 4.42 Å². The highest BCUT2D eigenvalue weighted by molar-refractivity contribution is 5.17. The number of aromatic nitrogens is 2. The predicted molar refractivity (Wildman–Crippen MR) is 65.5 cm³/mol. The van der Waals surface area contributed by atoms with Crippen LogP contribution in [0.25, 0.3) is 0 Å². The zero-order valence-corrected chi connectivity index (χ0v) is 10.4. The highest BCUT2D eigenvalue weighted by atomic mass is 16.4. The zero-order valence-electron chi connectivity index (χ0n) is 10.4. The minimum atomic E-state index is 0.642. The van der Waals surface area contributed by atoms with Gasteiger partial charge in [0, 0.05) is 18.4 Å². The van der Waals surface area contributed by atoms with Gasteiger partial charge in [-0.2, -0.15) is 0 Å². The van der Waals surface area contributed by atoms with Gasteiger partial charge in [-0.25, -0.2) is 4.98 Å². The van der Waals surface area contributed by atoms with Crippen LogP contribution in [0.1, 0.15) is 28.6 Å². The topological polar surface area (TPSA) is 51.0 Å². The van der Waals surface area contributed by atoms with Crippen molar-refractivity contribution in [3.05, 3.63) is 46.9 Å². The maximum Gasteiger partial charge on any atom is 0.208 e. The van der Waals surface area contributed by atoms with E-state index in [1.54, 1.807) is 6.20 Å². The van der Waals surface area contributed by atoms with E-state index < -0.39 is 0 Å². The van der Waals surface area contributed by atoms with Crippen LogP contribution in [0.3, 0.4) is 0 Å². The predicted octanol–water partition coefficient (Wildman–Crippen LogP) is 2.28. The molecule has 2 aromatic rings. The van der Waals surface area contributed by atoms with Crippen molar-refractivity contribution in [2.45, 2.75) is 33.9 Å². The lowest BCUT2D eigenvalue weighted by Gasteiger charge is -2.04. The summed E-state index contributed by atoms with van der Waals surface area (Å²) >= 11 is 0. The van der Waals surface area contributed by atoms with E-state index in [0.29, 0.717) is 6.54 Å². The van der Waals surface area contributed by atoms with E-state index in [2.05, 4.69) is 21.4 Å². The van der Waals surface area contributed by atoms with Crippen LogP contribution in [0, 0.1) is 20.8 Å². The molecule has 0 aliphatic carbocycles. The zero-order chi connectivity index (χ0) is 12.3. The first-order valence-corrected chi connectivity index (χ1v) is 5.71. The van der Waals surface area contributed by atoms with E-state index in [-0.39, 0.29) is 0 Å². The van der Waals surface area contributed by atoms with Gasteiger partial charge in [0.1, 0.15) is 5.76 Å². The number of rotatable bonds is 4. The molecule has 0 amide bonds. The molecule has 0 aliphatic rings. The smallest absolute Gasteiger partial charge is 0.208 e. The lowest BCUT2D eigenvalue weighted by atomic mass is 10.2. The molecular weight excluding hydrogens is 214 g/mol. The third-order valence-corrected chi connectivity index (χ3v) is 2.78. The largest absolute Gasteiger partial charge is 0.444 e. The molecule has 4 nitrogen and oxygen atoms in total.